The molecular formula is C20H26N8OS. The minimum Gasteiger partial charge on any atom is -0.373 e. The summed E-state index contributed by atoms with van der Waals surface area (Å²) in [6, 6.07) is 2.04. The molecule has 5 heterocycles. The molecule has 10 heteroatoms. The van der Waals surface area contributed by atoms with Gasteiger partial charge in [0.1, 0.15) is 0 Å². The maximum absolute atomic E-state index is 6.11. The molecule has 0 amide bonds. The lowest BCUT2D eigenvalue weighted by Gasteiger charge is -2.38. The third-order valence-corrected chi connectivity index (χ3v) is 6.61. The van der Waals surface area contributed by atoms with E-state index >= 15 is 0 Å². The second-order valence-electron chi connectivity index (χ2n) is 7.88. The second-order valence-corrected chi connectivity index (χ2v) is 8.79. The number of morpholine rings is 1. The van der Waals surface area contributed by atoms with Gasteiger partial charge in [-0.25, -0.2) is 19.9 Å². The Labute approximate surface area is 179 Å². The van der Waals surface area contributed by atoms with E-state index in [0.717, 1.165) is 67.4 Å². The van der Waals surface area contributed by atoms with Crippen LogP contribution in [-0.2, 0) is 4.74 Å². The van der Waals surface area contributed by atoms with Gasteiger partial charge in [0.15, 0.2) is 11.6 Å². The van der Waals surface area contributed by atoms with Gasteiger partial charge >= 0.3 is 0 Å². The van der Waals surface area contributed by atoms with Crippen LogP contribution >= 0.6 is 11.3 Å². The molecule has 3 aromatic rings. The summed E-state index contributed by atoms with van der Waals surface area (Å²) in [6.45, 7) is 7.74. The molecule has 0 spiro atoms. The summed E-state index contributed by atoms with van der Waals surface area (Å²) in [5, 5.41) is 2.06. The molecule has 1 unspecified atom stereocenters. The second kappa shape index (κ2) is 8.38. The van der Waals surface area contributed by atoms with E-state index in [1.54, 1.807) is 23.7 Å². The lowest BCUT2D eigenvalue weighted by Crippen LogP contribution is -2.52. The number of nitrogen functional groups attached to an aromatic ring is 1. The van der Waals surface area contributed by atoms with Gasteiger partial charge in [-0.15, -0.1) is 11.3 Å². The number of thiophene rings is 1. The lowest BCUT2D eigenvalue weighted by molar-refractivity contribution is 0.00670. The van der Waals surface area contributed by atoms with Crippen LogP contribution in [0.2, 0.25) is 0 Å². The van der Waals surface area contributed by atoms with Gasteiger partial charge in [0.25, 0.3) is 0 Å². The number of piperazine rings is 1. The number of nitrogens with zero attached hydrogens (tertiary/aromatic N) is 7. The molecule has 2 saturated heterocycles. The molecule has 0 radical (unpaired) electrons. The first-order valence-corrected chi connectivity index (χ1v) is 11.1. The molecule has 9 nitrogen and oxygen atoms in total. The summed E-state index contributed by atoms with van der Waals surface area (Å²) in [5.41, 5.74) is 7.34. The van der Waals surface area contributed by atoms with E-state index in [4.69, 9.17) is 20.4 Å². The van der Waals surface area contributed by atoms with Crippen molar-refractivity contribution in [2.24, 2.45) is 0 Å². The van der Waals surface area contributed by atoms with Crippen molar-refractivity contribution in [2.45, 2.75) is 6.10 Å². The first kappa shape index (κ1) is 19.6. The highest BCUT2D eigenvalue weighted by Crippen LogP contribution is 2.32. The summed E-state index contributed by atoms with van der Waals surface area (Å²) >= 11 is 1.68. The third kappa shape index (κ3) is 4.08. The average Bonchev–Trinajstić information content (AvgIpc) is 3.24. The Morgan fingerprint density at radius 1 is 1.13 bits per heavy atom. The number of anilines is 2. The zero-order valence-corrected chi connectivity index (χ0v) is 17.9. The number of likely N-dealkylation sites (N-methyl/N-ethyl adjacent to an activating group) is 1. The zero-order valence-electron chi connectivity index (χ0n) is 17.1. The minimum absolute atomic E-state index is 0.176. The van der Waals surface area contributed by atoms with E-state index in [-0.39, 0.29) is 12.1 Å². The molecule has 5 rings (SSSR count). The Balaban J connectivity index is 1.39. The van der Waals surface area contributed by atoms with Gasteiger partial charge in [0.2, 0.25) is 5.95 Å². The molecular weight excluding hydrogens is 400 g/mol. The first-order chi connectivity index (χ1) is 14.7. The largest absolute Gasteiger partial charge is 0.373 e. The third-order valence-electron chi connectivity index (χ3n) is 5.71. The van der Waals surface area contributed by atoms with E-state index in [1.807, 2.05) is 6.07 Å². The van der Waals surface area contributed by atoms with Gasteiger partial charge in [0, 0.05) is 58.2 Å². The highest BCUT2D eigenvalue weighted by molar-refractivity contribution is 7.17. The number of ether oxygens (including phenoxy) is 1. The molecule has 1 atom stereocenters. The van der Waals surface area contributed by atoms with Crippen LogP contribution in [0.5, 0.6) is 0 Å². The van der Waals surface area contributed by atoms with Crippen molar-refractivity contribution in [1.29, 1.82) is 0 Å². The predicted octanol–water partition coefficient (Wildman–Crippen LogP) is 1.18. The van der Waals surface area contributed by atoms with Crippen LogP contribution in [0.25, 0.3) is 21.6 Å². The number of fused-ring (bicyclic) bond motifs is 1. The summed E-state index contributed by atoms with van der Waals surface area (Å²) < 4.78 is 7.22. The van der Waals surface area contributed by atoms with Crippen LogP contribution in [-0.4, -0.2) is 95.3 Å². The standard InChI is InChI=1S/C20H26N8OS/c1-26-3-5-27(6-4-26)12-15-13-28(7-8-29-15)19-17-16(2-9-30-17)24-18(25-19)14-10-22-20(21)23-11-14/h2,9-11,15H,3-8,12-13H2,1H3,(H2,21,22,23). The van der Waals surface area contributed by atoms with Crippen molar-refractivity contribution in [3.05, 3.63) is 23.8 Å². The van der Waals surface area contributed by atoms with Crippen LogP contribution in [0.3, 0.4) is 0 Å². The van der Waals surface area contributed by atoms with E-state index in [1.165, 1.54) is 0 Å². The smallest absolute Gasteiger partial charge is 0.219 e. The van der Waals surface area contributed by atoms with Gasteiger partial charge in [-0.1, -0.05) is 0 Å². The fourth-order valence-electron chi connectivity index (χ4n) is 3.99. The fraction of sp³-hybridized carbons (Fsp3) is 0.500. The van der Waals surface area contributed by atoms with Crippen LogP contribution < -0.4 is 10.6 Å². The van der Waals surface area contributed by atoms with Gasteiger partial charge in [-0.2, -0.15) is 0 Å². The molecule has 30 heavy (non-hydrogen) atoms. The van der Waals surface area contributed by atoms with Crippen molar-refractivity contribution in [3.8, 4) is 11.4 Å². The molecule has 2 aliphatic heterocycles. The van der Waals surface area contributed by atoms with E-state index in [9.17, 15) is 0 Å². The molecule has 0 aromatic carbocycles. The number of hydrogen-bond donors (Lipinski definition) is 1. The Morgan fingerprint density at radius 2 is 1.93 bits per heavy atom. The summed E-state index contributed by atoms with van der Waals surface area (Å²) in [5.74, 6) is 1.84. The molecule has 2 aliphatic rings. The van der Waals surface area contributed by atoms with Crippen molar-refractivity contribution < 1.29 is 4.74 Å². The summed E-state index contributed by atoms with van der Waals surface area (Å²) in [7, 11) is 2.18. The van der Waals surface area contributed by atoms with Gasteiger partial charge in [-0.05, 0) is 18.5 Å². The van der Waals surface area contributed by atoms with Crippen molar-refractivity contribution >= 4 is 33.3 Å². The number of nitrogens with two attached hydrogens (primary N) is 1. The first-order valence-electron chi connectivity index (χ1n) is 10.3. The van der Waals surface area contributed by atoms with Crippen LogP contribution in [0.4, 0.5) is 11.8 Å². The minimum atomic E-state index is 0.176. The van der Waals surface area contributed by atoms with Crippen molar-refractivity contribution in [1.82, 2.24) is 29.7 Å². The zero-order chi connectivity index (χ0) is 20.5. The van der Waals surface area contributed by atoms with Gasteiger partial charge in [-0.3, -0.25) is 4.90 Å². The van der Waals surface area contributed by atoms with Crippen molar-refractivity contribution in [3.63, 3.8) is 0 Å². The molecule has 2 fully saturated rings. The highest BCUT2D eigenvalue weighted by atomic mass is 32.1. The molecule has 0 bridgehead atoms. The Bertz CT molecular complexity index is 1000. The van der Waals surface area contributed by atoms with Gasteiger partial charge < -0.3 is 20.3 Å². The maximum atomic E-state index is 6.11. The van der Waals surface area contributed by atoms with Crippen molar-refractivity contribution in [2.75, 3.05) is 70.1 Å². The quantitative estimate of drug-likeness (QED) is 0.660. The Kier molecular flexibility index (Phi) is 5.47. The monoisotopic (exact) mass is 426 g/mol. The molecule has 2 N–H and O–H groups in total. The summed E-state index contributed by atoms with van der Waals surface area (Å²) in [4.78, 5) is 25.0. The SMILES string of the molecule is CN1CCN(CC2CN(c3nc(-c4cnc(N)nc4)nc4ccsc34)CCO2)CC1. The molecule has 0 saturated carbocycles. The van der Waals surface area contributed by atoms with Crippen LogP contribution in [0, 0.1) is 0 Å². The normalized spacial score (nSPS) is 21.4. The van der Waals surface area contributed by atoms with E-state index < -0.39 is 0 Å². The summed E-state index contributed by atoms with van der Waals surface area (Å²) in [6.07, 6.45) is 3.53. The van der Waals surface area contributed by atoms with Crippen LogP contribution in [0.1, 0.15) is 0 Å². The molecule has 0 aliphatic carbocycles. The molecule has 158 valence electrons. The average molecular weight is 427 g/mol. The predicted molar refractivity (Wildman–Crippen MR) is 119 cm³/mol. The number of hydrogen-bond acceptors (Lipinski definition) is 10. The van der Waals surface area contributed by atoms with E-state index in [0.29, 0.717) is 12.4 Å². The Hall–Kier alpha value is -2.40. The van der Waals surface area contributed by atoms with Crippen LogP contribution in [0.15, 0.2) is 23.8 Å². The topological polar surface area (TPSA) is 96.5 Å². The van der Waals surface area contributed by atoms with Gasteiger partial charge in [0.05, 0.1) is 28.5 Å². The number of rotatable bonds is 4. The van der Waals surface area contributed by atoms with E-state index in [2.05, 4.69) is 37.1 Å². The highest BCUT2D eigenvalue weighted by Gasteiger charge is 2.27. The lowest BCUT2D eigenvalue weighted by atomic mass is 10.2. The fourth-order valence-corrected chi connectivity index (χ4v) is 4.83. The number of aromatic nitrogens is 4. The Morgan fingerprint density at radius 3 is 2.73 bits per heavy atom. The molecule has 3 aromatic heterocycles. The maximum Gasteiger partial charge on any atom is 0.219 e.